The van der Waals surface area contributed by atoms with Gasteiger partial charge in [-0.25, -0.2) is 5.01 Å². The predicted octanol–water partition coefficient (Wildman–Crippen LogP) is 8.33. The number of rotatable bonds is 14. The molecule has 0 aliphatic carbocycles. The zero-order valence-corrected chi connectivity index (χ0v) is 21.5. The molecular weight excluding hydrogens is 376 g/mol. The topological polar surface area (TPSA) is 6.48 Å². The van der Waals surface area contributed by atoms with Crippen molar-refractivity contribution in [2.45, 2.75) is 68.2 Å². The highest BCUT2D eigenvalue weighted by Crippen LogP contribution is 2.24. The third-order valence-electron chi connectivity index (χ3n) is 5.66. The molecule has 0 aromatic rings. The average molecular weight is 423 g/mol. The molecule has 0 aromatic heterocycles. The van der Waals surface area contributed by atoms with Gasteiger partial charge in [0, 0.05) is 13.1 Å². The lowest BCUT2D eigenvalue weighted by atomic mass is 10.1. The molecule has 2 heteroatoms. The molecule has 0 unspecified atom stereocenters. The van der Waals surface area contributed by atoms with Crippen LogP contribution in [0.3, 0.4) is 0 Å². The maximum absolute atomic E-state index is 4.04. The molecule has 0 rings (SSSR count). The van der Waals surface area contributed by atoms with Crippen molar-refractivity contribution in [2.75, 3.05) is 19.6 Å². The Morgan fingerprint density at radius 1 is 0.774 bits per heavy atom. The second-order valence-corrected chi connectivity index (χ2v) is 7.69. The van der Waals surface area contributed by atoms with E-state index in [9.17, 15) is 0 Å². The van der Waals surface area contributed by atoms with Gasteiger partial charge in [-0.05, 0) is 71.6 Å². The van der Waals surface area contributed by atoms with E-state index >= 15 is 0 Å². The Balaban J connectivity index is 6.59. The second kappa shape index (κ2) is 16.4. The van der Waals surface area contributed by atoms with Gasteiger partial charge in [0.2, 0.25) is 0 Å². The normalized spacial score (nSPS) is 14.9. The van der Waals surface area contributed by atoms with E-state index in [1.54, 1.807) is 0 Å². The van der Waals surface area contributed by atoms with E-state index in [4.69, 9.17) is 0 Å². The van der Waals surface area contributed by atoms with Gasteiger partial charge < -0.3 is 5.01 Å². The van der Waals surface area contributed by atoms with Gasteiger partial charge >= 0.3 is 0 Å². The van der Waals surface area contributed by atoms with Crippen LogP contribution in [0.25, 0.3) is 0 Å². The van der Waals surface area contributed by atoms with Crippen molar-refractivity contribution in [2.24, 2.45) is 0 Å². The van der Waals surface area contributed by atoms with E-state index < -0.39 is 0 Å². The molecule has 0 radical (unpaired) electrons. The summed E-state index contributed by atoms with van der Waals surface area (Å²) >= 11 is 0. The number of hydrazine groups is 1. The summed E-state index contributed by atoms with van der Waals surface area (Å²) in [6, 6.07) is 0. The largest absolute Gasteiger partial charge is 0.301 e. The summed E-state index contributed by atoms with van der Waals surface area (Å²) in [6.07, 6.45) is 19.2. The first-order valence-electron chi connectivity index (χ1n) is 11.6. The number of hydrogen-bond acceptors (Lipinski definition) is 2. The SMILES string of the molecule is C=C/C=C(\C=C)CN(C(=C/C)/C(C)=C\C)N(C/C(=C/C)CCC)CC(=C/C)/C(C)=C\C. The molecule has 0 saturated heterocycles. The molecular formula is C29H46N2. The smallest absolute Gasteiger partial charge is 0.0597 e. The van der Waals surface area contributed by atoms with E-state index in [0.29, 0.717) is 0 Å². The zero-order valence-electron chi connectivity index (χ0n) is 21.5. The molecule has 0 N–H and O–H groups in total. The molecule has 0 amide bonds. The molecule has 31 heavy (non-hydrogen) atoms. The van der Waals surface area contributed by atoms with Crippen molar-refractivity contribution >= 4 is 0 Å². The van der Waals surface area contributed by atoms with Crippen LogP contribution in [0.2, 0.25) is 0 Å². The molecule has 0 aromatic carbocycles. The maximum Gasteiger partial charge on any atom is 0.0597 e. The number of allylic oxidation sites excluding steroid dienone is 8. The van der Waals surface area contributed by atoms with Crippen molar-refractivity contribution in [3.8, 4) is 0 Å². The van der Waals surface area contributed by atoms with Crippen LogP contribution in [0.15, 0.2) is 95.3 Å². The molecule has 0 aliphatic rings. The number of nitrogens with zero attached hydrogens (tertiary/aromatic N) is 2. The third kappa shape index (κ3) is 9.57. The highest BCUT2D eigenvalue weighted by Gasteiger charge is 2.22. The van der Waals surface area contributed by atoms with E-state index in [1.807, 2.05) is 18.2 Å². The van der Waals surface area contributed by atoms with E-state index in [0.717, 1.165) is 38.0 Å². The molecule has 0 heterocycles. The summed E-state index contributed by atoms with van der Waals surface area (Å²) in [5.41, 5.74) is 7.76. The maximum atomic E-state index is 4.04. The Kier molecular flexibility index (Phi) is 15.2. The van der Waals surface area contributed by atoms with Gasteiger partial charge in [-0.3, -0.25) is 0 Å². The van der Waals surface area contributed by atoms with Crippen LogP contribution in [0.5, 0.6) is 0 Å². The first-order chi connectivity index (χ1) is 14.9. The van der Waals surface area contributed by atoms with E-state index in [1.165, 1.54) is 28.0 Å². The lowest BCUT2D eigenvalue weighted by Crippen LogP contribution is -2.45. The highest BCUT2D eigenvalue weighted by atomic mass is 15.6. The van der Waals surface area contributed by atoms with Crippen LogP contribution < -0.4 is 0 Å². The summed E-state index contributed by atoms with van der Waals surface area (Å²) in [7, 11) is 0. The molecule has 2 nitrogen and oxygen atoms in total. The lowest BCUT2D eigenvalue weighted by molar-refractivity contribution is 0.0388. The summed E-state index contributed by atoms with van der Waals surface area (Å²) in [5, 5.41) is 4.90. The fourth-order valence-corrected chi connectivity index (χ4v) is 3.50. The molecule has 0 spiro atoms. The summed E-state index contributed by atoms with van der Waals surface area (Å²) < 4.78 is 0. The van der Waals surface area contributed by atoms with Gasteiger partial charge in [0.15, 0.2) is 0 Å². The first kappa shape index (κ1) is 28.7. The molecule has 0 atom stereocenters. The van der Waals surface area contributed by atoms with Crippen molar-refractivity contribution < 1.29 is 0 Å². The fourth-order valence-electron chi connectivity index (χ4n) is 3.50. The molecule has 0 saturated carbocycles. The standard InChI is InChI=1S/C29H46N2/c1-11-19-26(15-5)21-30(23-28(17-7)24(9)13-3)31(22-27(16-6)20-12-2)29(18-8)25(10)14-4/h12-18,20H,2,6,11,19,21-23H2,1,3-5,7-10H3/b24-13-,25-14-,26-15+,27-20+,28-17-,29-18+. The quantitative estimate of drug-likeness (QED) is 0.158. The number of hydrogen-bond donors (Lipinski definition) is 0. The van der Waals surface area contributed by atoms with Crippen molar-refractivity contribution in [3.63, 3.8) is 0 Å². The third-order valence-corrected chi connectivity index (χ3v) is 5.66. The molecule has 0 fully saturated rings. The van der Waals surface area contributed by atoms with Crippen molar-refractivity contribution in [1.29, 1.82) is 0 Å². The highest BCUT2D eigenvalue weighted by molar-refractivity contribution is 5.33. The molecule has 172 valence electrons. The Morgan fingerprint density at radius 3 is 1.84 bits per heavy atom. The van der Waals surface area contributed by atoms with Crippen molar-refractivity contribution in [1.82, 2.24) is 10.0 Å². The van der Waals surface area contributed by atoms with Gasteiger partial charge in [-0.2, -0.15) is 0 Å². The summed E-state index contributed by atoms with van der Waals surface area (Å²) in [5.74, 6) is 0. The summed E-state index contributed by atoms with van der Waals surface area (Å²) in [6.45, 7) is 27.7. The van der Waals surface area contributed by atoms with Crippen LogP contribution >= 0.6 is 0 Å². The van der Waals surface area contributed by atoms with Crippen LogP contribution in [-0.4, -0.2) is 29.7 Å². The second-order valence-electron chi connectivity index (χ2n) is 7.69. The van der Waals surface area contributed by atoms with Crippen LogP contribution in [0.4, 0.5) is 0 Å². The molecule has 0 aliphatic heterocycles. The molecule has 0 bridgehead atoms. The minimum absolute atomic E-state index is 0.745. The van der Waals surface area contributed by atoms with Crippen LogP contribution in [-0.2, 0) is 0 Å². The zero-order chi connectivity index (χ0) is 23.8. The summed E-state index contributed by atoms with van der Waals surface area (Å²) in [4.78, 5) is 0. The average Bonchev–Trinajstić information content (AvgIpc) is 2.79. The first-order valence-corrected chi connectivity index (χ1v) is 11.6. The van der Waals surface area contributed by atoms with Crippen molar-refractivity contribution in [3.05, 3.63) is 95.3 Å². The van der Waals surface area contributed by atoms with E-state index in [2.05, 4.69) is 109 Å². The van der Waals surface area contributed by atoms with Gasteiger partial charge in [0.05, 0.1) is 12.2 Å². The van der Waals surface area contributed by atoms with Gasteiger partial charge in [-0.15, -0.1) is 0 Å². The van der Waals surface area contributed by atoms with Gasteiger partial charge in [0.25, 0.3) is 0 Å². The van der Waals surface area contributed by atoms with Crippen LogP contribution in [0.1, 0.15) is 68.2 Å². The fraction of sp³-hybridized carbons (Fsp3) is 0.448. The van der Waals surface area contributed by atoms with E-state index in [-0.39, 0.29) is 0 Å². The minimum Gasteiger partial charge on any atom is -0.301 e. The monoisotopic (exact) mass is 422 g/mol. The Hall–Kier alpha value is -2.32. The van der Waals surface area contributed by atoms with Gasteiger partial charge in [0.1, 0.15) is 0 Å². The minimum atomic E-state index is 0.745. The predicted molar refractivity (Wildman–Crippen MR) is 142 cm³/mol. The van der Waals surface area contributed by atoms with Crippen LogP contribution in [0, 0.1) is 0 Å². The Labute approximate surface area is 193 Å². The lowest BCUT2D eigenvalue weighted by Gasteiger charge is -2.40. The Bertz CT molecular complexity index is 754. The Morgan fingerprint density at radius 2 is 1.42 bits per heavy atom. The van der Waals surface area contributed by atoms with Gasteiger partial charge in [-0.1, -0.05) is 86.3 Å².